The highest BCUT2D eigenvalue weighted by atomic mass is 16.5. The molecule has 1 aliphatic rings. The van der Waals surface area contributed by atoms with E-state index in [1.807, 2.05) is 24.4 Å². The molecule has 18 heavy (non-hydrogen) atoms. The predicted molar refractivity (Wildman–Crippen MR) is 73.2 cm³/mol. The van der Waals surface area contributed by atoms with Gasteiger partial charge in [0.05, 0.1) is 11.8 Å². The lowest BCUT2D eigenvalue weighted by atomic mass is 9.96. The molecule has 0 aromatic carbocycles. The van der Waals surface area contributed by atoms with Gasteiger partial charge in [-0.25, -0.2) is 0 Å². The van der Waals surface area contributed by atoms with Crippen LogP contribution in [0.4, 0.5) is 0 Å². The standard InChI is InChI=1S/C15H24N2O/c1-2-13(16)15(14-10-6-7-11-17-14)18-12-8-4-3-5-9-12/h6-7,10-13,15H,2-5,8-9,16H2,1H3. The number of rotatable bonds is 5. The second-order valence-electron chi connectivity index (χ2n) is 5.14. The Bertz CT molecular complexity index is 336. The summed E-state index contributed by atoms with van der Waals surface area (Å²) in [6.07, 6.45) is 9.26. The summed E-state index contributed by atoms with van der Waals surface area (Å²) < 4.78 is 6.24. The minimum Gasteiger partial charge on any atom is -0.367 e. The summed E-state index contributed by atoms with van der Waals surface area (Å²) in [5.41, 5.74) is 7.17. The van der Waals surface area contributed by atoms with Crippen LogP contribution in [0.5, 0.6) is 0 Å². The second kappa shape index (κ2) is 6.86. The van der Waals surface area contributed by atoms with Gasteiger partial charge in [0.2, 0.25) is 0 Å². The third kappa shape index (κ3) is 3.53. The van der Waals surface area contributed by atoms with Crippen LogP contribution in [0.1, 0.15) is 57.2 Å². The van der Waals surface area contributed by atoms with Crippen molar-refractivity contribution in [3.8, 4) is 0 Å². The first-order chi connectivity index (χ1) is 8.81. The Morgan fingerprint density at radius 2 is 2.11 bits per heavy atom. The zero-order valence-electron chi connectivity index (χ0n) is 11.2. The third-order valence-corrected chi connectivity index (χ3v) is 3.73. The second-order valence-corrected chi connectivity index (χ2v) is 5.14. The van der Waals surface area contributed by atoms with Gasteiger partial charge < -0.3 is 10.5 Å². The molecule has 0 bridgehead atoms. The van der Waals surface area contributed by atoms with E-state index >= 15 is 0 Å². The molecule has 100 valence electrons. The van der Waals surface area contributed by atoms with Crippen molar-refractivity contribution >= 4 is 0 Å². The highest BCUT2D eigenvalue weighted by Crippen LogP contribution is 2.28. The fraction of sp³-hybridized carbons (Fsp3) is 0.667. The number of pyridine rings is 1. The molecule has 3 nitrogen and oxygen atoms in total. The van der Waals surface area contributed by atoms with Gasteiger partial charge in [-0.1, -0.05) is 32.3 Å². The smallest absolute Gasteiger partial charge is 0.115 e. The van der Waals surface area contributed by atoms with Gasteiger partial charge in [-0.2, -0.15) is 0 Å². The van der Waals surface area contributed by atoms with Gasteiger partial charge in [0.25, 0.3) is 0 Å². The molecule has 2 N–H and O–H groups in total. The molecule has 1 fully saturated rings. The molecule has 1 aliphatic carbocycles. The molecule has 2 rings (SSSR count). The minimum absolute atomic E-state index is 0.0295. The molecule has 1 aromatic heterocycles. The summed E-state index contributed by atoms with van der Waals surface area (Å²) in [6.45, 7) is 2.10. The fourth-order valence-electron chi connectivity index (χ4n) is 2.56. The number of aromatic nitrogens is 1. The first-order valence-corrected chi connectivity index (χ1v) is 7.13. The molecule has 2 unspecified atom stereocenters. The lowest BCUT2D eigenvalue weighted by Gasteiger charge is -2.30. The molecule has 0 saturated heterocycles. The van der Waals surface area contributed by atoms with Crippen molar-refractivity contribution in [3.63, 3.8) is 0 Å². The van der Waals surface area contributed by atoms with Crippen molar-refractivity contribution in [2.24, 2.45) is 5.73 Å². The van der Waals surface area contributed by atoms with Crippen LogP contribution >= 0.6 is 0 Å². The van der Waals surface area contributed by atoms with E-state index < -0.39 is 0 Å². The highest BCUT2D eigenvalue weighted by Gasteiger charge is 2.25. The Hall–Kier alpha value is -0.930. The quantitative estimate of drug-likeness (QED) is 0.870. The molecule has 3 heteroatoms. The SMILES string of the molecule is CCC(N)C(OC1CCCCC1)c1ccccn1. The average Bonchev–Trinajstić information content (AvgIpc) is 2.46. The topological polar surface area (TPSA) is 48.1 Å². The summed E-state index contributed by atoms with van der Waals surface area (Å²) in [4.78, 5) is 4.41. The van der Waals surface area contributed by atoms with Crippen LogP contribution in [-0.2, 0) is 4.74 Å². The van der Waals surface area contributed by atoms with Gasteiger partial charge in [0.15, 0.2) is 0 Å². The van der Waals surface area contributed by atoms with Crippen LogP contribution in [0, 0.1) is 0 Å². The van der Waals surface area contributed by atoms with Crippen molar-refractivity contribution in [2.75, 3.05) is 0 Å². The molecule has 1 heterocycles. The third-order valence-electron chi connectivity index (χ3n) is 3.73. The molecule has 2 atom stereocenters. The first-order valence-electron chi connectivity index (χ1n) is 7.13. The summed E-state index contributed by atoms with van der Waals surface area (Å²) in [5, 5.41) is 0. The lowest BCUT2D eigenvalue weighted by molar-refractivity contribution is -0.0456. The highest BCUT2D eigenvalue weighted by molar-refractivity contribution is 5.09. The van der Waals surface area contributed by atoms with E-state index in [0.29, 0.717) is 6.10 Å². The van der Waals surface area contributed by atoms with E-state index in [9.17, 15) is 0 Å². The van der Waals surface area contributed by atoms with Gasteiger partial charge in [0.1, 0.15) is 6.10 Å². The van der Waals surface area contributed by atoms with Gasteiger partial charge in [0, 0.05) is 12.2 Å². The van der Waals surface area contributed by atoms with Crippen molar-refractivity contribution < 1.29 is 4.74 Å². The molecule has 1 saturated carbocycles. The molecular weight excluding hydrogens is 224 g/mol. The summed E-state index contributed by atoms with van der Waals surface area (Å²) in [5.74, 6) is 0. The van der Waals surface area contributed by atoms with Crippen LogP contribution in [0.15, 0.2) is 24.4 Å². The Kier molecular flexibility index (Phi) is 5.14. The Labute approximate surface area is 110 Å². The van der Waals surface area contributed by atoms with Crippen molar-refractivity contribution in [2.45, 2.75) is 63.7 Å². The fourth-order valence-corrected chi connectivity index (χ4v) is 2.56. The maximum Gasteiger partial charge on any atom is 0.115 e. The van der Waals surface area contributed by atoms with Crippen molar-refractivity contribution in [1.29, 1.82) is 0 Å². The minimum atomic E-state index is -0.0562. The van der Waals surface area contributed by atoms with Gasteiger partial charge in [-0.15, -0.1) is 0 Å². The van der Waals surface area contributed by atoms with Gasteiger partial charge in [-0.3, -0.25) is 4.98 Å². The van der Waals surface area contributed by atoms with E-state index in [4.69, 9.17) is 10.5 Å². The molecule has 0 amide bonds. The monoisotopic (exact) mass is 248 g/mol. The molecule has 0 spiro atoms. The number of nitrogens with zero attached hydrogens (tertiary/aromatic N) is 1. The largest absolute Gasteiger partial charge is 0.367 e. The van der Waals surface area contributed by atoms with Crippen LogP contribution < -0.4 is 5.73 Å². The predicted octanol–water partition coefficient (Wildman–Crippen LogP) is 3.21. The number of ether oxygens (including phenoxy) is 1. The lowest BCUT2D eigenvalue weighted by Crippen LogP contribution is -2.33. The van der Waals surface area contributed by atoms with E-state index in [-0.39, 0.29) is 12.1 Å². The summed E-state index contributed by atoms with van der Waals surface area (Å²) in [6, 6.07) is 5.98. The van der Waals surface area contributed by atoms with E-state index in [0.717, 1.165) is 12.1 Å². The van der Waals surface area contributed by atoms with Crippen molar-refractivity contribution in [1.82, 2.24) is 4.98 Å². The average molecular weight is 248 g/mol. The van der Waals surface area contributed by atoms with Crippen LogP contribution in [0.2, 0.25) is 0 Å². The molecule has 1 aromatic rings. The normalized spacial score (nSPS) is 20.6. The number of nitrogens with two attached hydrogens (primary N) is 1. The Balaban J connectivity index is 2.05. The number of hydrogen-bond donors (Lipinski definition) is 1. The Morgan fingerprint density at radius 3 is 2.72 bits per heavy atom. The maximum atomic E-state index is 6.24. The van der Waals surface area contributed by atoms with Crippen LogP contribution in [0.3, 0.4) is 0 Å². The summed E-state index contributed by atoms with van der Waals surface area (Å²) >= 11 is 0. The van der Waals surface area contributed by atoms with Crippen molar-refractivity contribution in [3.05, 3.63) is 30.1 Å². The first kappa shape index (κ1) is 13.5. The van der Waals surface area contributed by atoms with E-state index in [1.165, 1.54) is 32.1 Å². The number of hydrogen-bond acceptors (Lipinski definition) is 3. The Morgan fingerprint density at radius 1 is 1.33 bits per heavy atom. The maximum absolute atomic E-state index is 6.24. The van der Waals surface area contributed by atoms with Crippen LogP contribution in [-0.4, -0.2) is 17.1 Å². The van der Waals surface area contributed by atoms with Gasteiger partial charge >= 0.3 is 0 Å². The molecule has 0 radical (unpaired) electrons. The van der Waals surface area contributed by atoms with Crippen LogP contribution in [0.25, 0.3) is 0 Å². The zero-order chi connectivity index (χ0) is 12.8. The van der Waals surface area contributed by atoms with E-state index in [2.05, 4.69) is 11.9 Å². The van der Waals surface area contributed by atoms with Gasteiger partial charge in [-0.05, 0) is 31.4 Å². The molecule has 0 aliphatic heterocycles. The zero-order valence-corrected chi connectivity index (χ0v) is 11.2. The summed E-state index contributed by atoms with van der Waals surface area (Å²) in [7, 11) is 0. The molecular formula is C15H24N2O. The van der Waals surface area contributed by atoms with E-state index in [1.54, 1.807) is 0 Å².